The highest BCUT2D eigenvalue weighted by Crippen LogP contribution is 2.14. The average Bonchev–Trinajstić information content (AvgIpc) is 2.62. The van der Waals surface area contributed by atoms with Gasteiger partial charge in [0.25, 0.3) is 0 Å². The van der Waals surface area contributed by atoms with Gasteiger partial charge in [0.15, 0.2) is 0 Å². The summed E-state index contributed by atoms with van der Waals surface area (Å²) in [5.74, 6) is 2.40. The van der Waals surface area contributed by atoms with Gasteiger partial charge in [0.05, 0.1) is 12.6 Å². The molecule has 0 radical (unpaired) electrons. The predicted octanol–water partition coefficient (Wildman–Crippen LogP) is 4.03. The van der Waals surface area contributed by atoms with Crippen molar-refractivity contribution in [1.29, 1.82) is 0 Å². The van der Waals surface area contributed by atoms with Gasteiger partial charge in [-0.05, 0) is 36.8 Å². The zero-order valence-corrected chi connectivity index (χ0v) is 16.8. The molecule has 0 aromatic rings. The zero-order valence-electron chi connectivity index (χ0n) is 16.0. The largest absolute Gasteiger partial charge is 0.380 e. The molecule has 0 bridgehead atoms. The molecule has 1 aliphatic heterocycles. The van der Waals surface area contributed by atoms with Crippen LogP contribution in [0.15, 0.2) is 23.9 Å². The number of ether oxygens (including phenoxy) is 1. The number of dihydropyridines is 1. The summed E-state index contributed by atoms with van der Waals surface area (Å²) in [5, 5.41) is 6.31. The minimum atomic E-state index is -0.0345. The summed E-state index contributed by atoms with van der Waals surface area (Å²) in [6, 6.07) is 0.165. The van der Waals surface area contributed by atoms with Gasteiger partial charge in [-0.15, -0.1) is 0 Å². The van der Waals surface area contributed by atoms with Gasteiger partial charge < -0.3 is 15.4 Å². The Morgan fingerprint density at radius 1 is 1.20 bits per heavy atom. The van der Waals surface area contributed by atoms with E-state index in [1.807, 2.05) is 18.7 Å². The lowest BCUT2D eigenvalue weighted by molar-refractivity contribution is -0.125. The van der Waals surface area contributed by atoms with E-state index in [0.29, 0.717) is 13.2 Å². The number of unbranched alkanes of at least 4 members (excludes halogenated alkanes) is 4. The maximum Gasteiger partial charge on any atom is 0.245 e. The molecular weight excluding hydrogens is 332 g/mol. The smallest absolute Gasteiger partial charge is 0.245 e. The molecule has 0 saturated carbocycles. The number of amides is 1. The summed E-state index contributed by atoms with van der Waals surface area (Å²) in [5.41, 5.74) is 1.27. The van der Waals surface area contributed by atoms with Crippen LogP contribution in [0.2, 0.25) is 0 Å². The van der Waals surface area contributed by atoms with Crippen LogP contribution in [0.4, 0.5) is 0 Å². The fourth-order valence-corrected chi connectivity index (χ4v) is 3.56. The Labute approximate surface area is 158 Å². The number of carbonyl (C=O) groups is 1. The third-order valence-corrected chi connectivity index (χ3v) is 5.09. The molecule has 25 heavy (non-hydrogen) atoms. The van der Waals surface area contributed by atoms with Crippen LogP contribution in [0.3, 0.4) is 0 Å². The van der Waals surface area contributed by atoms with Crippen molar-refractivity contribution in [3.8, 4) is 0 Å². The molecule has 1 unspecified atom stereocenters. The molecule has 0 spiro atoms. The van der Waals surface area contributed by atoms with Crippen LogP contribution in [0.1, 0.15) is 58.8 Å². The first-order valence-electron chi connectivity index (χ1n) is 9.82. The molecule has 144 valence electrons. The fourth-order valence-electron chi connectivity index (χ4n) is 2.58. The van der Waals surface area contributed by atoms with Gasteiger partial charge in [-0.25, -0.2) is 0 Å². The van der Waals surface area contributed by atoms with Crippen molar-refractivity contribution in [2.75, 3.05) is 31.3 Å². The second kappa shape index (κ2) is 15.3. The van der Waals surface area contributed by atoms with Crippen molar-refractivity contribution in [3.63, 3.8) is 0 Å². The molecule has 5 heteroatoms. The van der Waals surface area contributed by atoms with Gasteiger partial charge in [-0.1, -0.05) is 51.7 Å². The minimum Gasteiger partial charge on any atom is -0.380 e. The number of allylic oxidation sites excluding steroid dienone is 3. The number of thioether (sulfide) groups is 1. The molecule has 0 aromatic heterocycles. The summed E-state index contributed by atoms with van der Waals surface area (Å²) in [6.45, 7) is 5.67. The first-order chi connectivity index (χ1) is 12.3. The van der Waals surface area contributed by atoms with E-state index in [2.05, 4.69) is 35.8 Å². The van der Waals surface area contributed by atoms with Crippen LogP contribution in [0.25, 0.3) is 0 Å². The van der Waals surface area contributed by atoms with Crippen molar-refractivity contribution < 1.29 is 9.53 Å². The standard InChI is InChI=1S/C20H36N2O2S/c1-3-5-6-7-8-14-25-15-12-18-10-9-11-19(22-18)16-24-17-20(23)21-13-4-2/h9-11,19,22H,3-8,12-17H2,1-2H3,(H,21,23). The van der Waals surface area contributed by atoms with Gasteiger partial charge in [0.1, 0.15) is 6.61 Å². The van der Waals surface area contributed by atoms with Crippen LogP contribution in [-0.2, 0) is 9.53 Å². The molecule has 0 aromatic carbocycles. The molecule has 0 fully saturated rings. The average molecular weight is 369 g/mol. The van der Waals surface area contributed by atoms with E-state index < -0.39 is 0 Å². The fraction of sp³-hybridized carbons (Fsp3) is 0.750. The van der Waals surface area contributed by atoms with E-state index in [1.54, 1.807) is 0 Å². The monoisotopic (exact) mass is 368 g/mol. The van der Waals surface area contributed by atoms with Crippen molar-refractivity contribution in [3.05, 3.63) is 23.9 Å². The molecule has 1 rings (SSSR count). The Balaban J connectivity index is 2.03. The highest BCUT2D eigenvalue weighted by Gasteiger charge is 2.11. The van der Waals surface area contributed by atoms with Crippen molar-refractivity contribution >= 4 is 17.7 Å². The zero-order chi connectivity index (χ0) is 18.2. The SMILES string of the molecule is CCCCCCCSCCC1=CC=CC(COCC(=O)NCCC)N1. The van der Waals surface area contributed by atoms with Crippen molar-refractivity contribution in [1.82, 2.24) is 10.6 Å². The van der Waals surface area contributed by atoms with E-state index in [4.69, 9.17) is 4.74 Å². The molecule has 4 nitrogen and oxygen atoms in total. The number of hydrogen-bond donors (Lipinski definition) is 2. The topological polar surface area (TPSA) is 50.4 Å². The summed E-state index contributed by atoms with van der Waals surface area (Å²) < 4.78 is 5.51. The molecule has 1 heterocycles. The van der Waals surface area contributed by atoms with E-state index >= 15 is 0 Å². The summed E-state index contributed by atoms with van der Waals surface area (Å²) in [4.78, 5) is 11.5. The lowest BCUT2D eigenvalue weighted by Crippen LogP contribution is -2.35. The first-order valence-corrected chi connectivity index (χ1v) is 11.0. The molecule has 0 aliphatic carbocycles. The molecule has 2 N–H and O–H groups in total. The predicted molar refractivity (Wildman–Crippen MR) is 109 cm³/mol. The lowest BCUT2D eigenvalue weighted by Gasteiger charge is -2.21. The van der Waals surface area contributed by atoms with Crippen LogP contribution in [0.5, 0.6) is 0 Å². The van der Waals surface area contributed by atoms with E-state index in [1.165, 1.54) is 43.6 Å². The number of nitrogens with one attached hydrogen (secondary N) is 2. The van der Waals surface area contributed by atoms with Gasteiger partial charge >= 0.3 is 0 Å². The van der Waals surface area contributed by atoms with Gasteiger partial charge in [-0.2, -0.15) is 11.8 Å². The van der Waals surface area contributed by atoms with Crippen LogP contribution < -0.4 is 10.6 Å². The third-order valence-electron chi connectivity index (χ3n) is 4.02. The summed E-state index contributed by atoms with van der Waals surface area (Å²) >= 11 is 2.05. The summed E-state index contributed by atoms with van der Waals surface area (Å²) in [7, 11) is 0. The minimum absolute atomic E-state index is 0.0345. The highest BCUT2D eigenvalue weighted by atomic mass is 32.2. The highest BCUT2D eigenvalue weighted by molar-refractivity contribution is 7.99. The summed E-state index contributed by atoms with van der Waals surface area (Å²) in [6.07, 6.45) is 15.1. The Morgan fingerprint density at radius 2 is 2.04 bits per heavy atom. The maximum absolute atomic E-state index is 11.5. The van der Waals surface area contributed by atoms with Crippen LogP contribution >= 0.6 is 11.8 Å². The Bertz CT molecular complexity index is 411. The van der Waals surface area contributed by atoms with E-state index in [0.717, 1.165) is 18.6 Å². The van der Waals surface area contributed by atoms with Gasteiger partial charge in [-0.3, -0.25) is 4.79 Å². The van der Waals surface area contributed by atoms with Crippen LogP contribution in [0, 0.1) is 0 Å². The molecule has 0 saturated heterocycles. The first kappa shape index (κ1) is 22.1. The molecule has 1 atom stereocenters. The molecule has 1 amide bonds. The van der Waals surface area contributed by atoms with Crippen molar-refractivity contribution in [2.24, 2.45) is 0 Å². The quantitative estimate of drug-likeness (QED) is 0.428. The van der Waals surface area contributed by atoms with E-state index in [9.17, 15) is 4.79 Å². The normalized spacial score (nSPS) is 16.4. The van der Waals surface area contributed by atoms with Gasteiger partial charge in [0, 0.05) is 12.2 Å². The number of hydrogen-bond acceptors (Lipinski definition) is 4. The van der Waals surface area contributed by atoms with Crippen LogP contribution in [-0.4, -0.2) is 43.2 Å². The second-order valence-corrected chi connectivity index (χ2v) is 7.69. The Hall–Kier alpha value is -0.940. The lowest BCUT2D eigenvalue weighted by atomic mass is 10.1. The van der Waals surface area contributed by atoms with Gasteiger partial charge in [0.2, 0.25) is 5.91 Å². The Morgan fingerprint density at radius 3 is 2.84 bits per heavy atom. The number of carbonyl (C=O) groups excluding carboxylic acids is 1. The van der Waals surface area contributed by atoms with E-state index in [-0.39, 0.29) is 18.6 Å². The second-order valence-electron chi connectivity index (χ2n) is 6.47. The molecular formula is C20H36N2O2S. The Kier molecular flexibility index (Phi) is 13.5. The molecule has 1 aliphatic rings. The van der Waals surface area contributed by atoms with Crippen molar-refractivity contribution in [2.45, 2.75) is 64.8 Å². The third kappa shape index (κ3) is 12.1. The maximum atomic E-state index is 11.5. The number of rotatable bonds is 15.